The predicted molar refractivity (Wildman–Crippen MR) is 62.0 cm³/mol. The molecule has 2 aliphatic rings. The molecule has 2 atom stereocenters. The maximum absolute atomic E-state index is 3.67. The van der Waals surface area contributed by atoms with Crippen LogP contribution >= 0.6 is 0 Å². The van der Waals surface area contributed by atoms with Crippen LogP contribution in [-0.4, -0.2) is 25.7 Å². The van der Waals surface area contributed by atoms with Crippen molar-refractivity contribution in [3.63, 3.8) is 0 Å². The van der Waals surface area contributed by atoms with Crippen LogP contribution < -0.4 is 10.6 Å². The summed E-state index contributed by atoms with van der Waals surface area (Å²) in [6.45, 7) is 3.60. The third-order valence-electron chi connectivity index (χ3n) is 3.55. The zero-order chi connectivity index (χ0) is 10.1. The molecule has 1 aliphatic heterocycles. The van der Waals surface area contributed by atoms with Gasteiger partial charge in [-0.15, -0.1) is 0 Å². The van der Waals surface area contributed by atoms with E-state index in [2.05, 4.69) is 41.0 Å². The van der Waals surface area contributed by atoms with Gasteiger partial charge in [-0.3, -0.25) is 0 Å². The molecule has 1 heterocycles. The fourth-order valence-corrected chi connectivity index (χ4v) is 2.30. The second-order valence-corrected chi connectivity index (χ2v) is 4.79. The molecule has 2 nitrogen and oxygen atoms in total. The second kappa shape index (κ2) is 3.95. The van der Waals surface area contributed by atoms with Crippen molar-refractivity contribution in [2.45, 2.75) is 18.4 Å². The summed E-state index contributed by atoms with van der Waals surface area (Å²) >= 11 is 0. The van der Waals surface area contributed by atoms with Gasteiger partial charge in [0.1, 0.15) is 0 Å². The molecule has 1 aliphatic carbocycles. The maximum Gasteiger partial charge on any atom is 0.0143 e. The Kier molecular flexibility index (Phi) is 2.47. The highest BCUT2D eigenvalue weighted by atomic mass is 15.0. The van der Waals surface area contributed by atoms with Gasteiger partial charge in [0.15, 0.2) is 0 Å². The van der Waals surface area contributed by atoms with Crippen LogP contribution in [0.3, 0.4) is 0 Å². The van der Waals surface area contributed by atoms with Gasteiger partial charge in [-0.2, -0.15) is 0 Å². The lowest BCUT2D eigenvalue weighted by Crippen LogP contribution is -2.47. The molecule has 15 heavy (non-hydrogen) atoms. The van der Waals surface area contributed by atoms with E-state index < -0.39 is 0 Å². The van der Waals surface area contributed by atoms with Crippen molar-refractivity contribution in [1.82, 2.24) is 10.6 Å². The van der Waals surface area contributed by atoms with Gasteiger partial charge in [0.25, 0.3) is 0 Å². The van der Waals surface area contributed by atoms with Gasteiger partial charge in [0.2, 0.25) is 0 Å². The van der Waals surface area contributed by atoms with Gasteiger partial charge in [-0.25, -0.2) is 0 Å². The van der Waals surface area contributed by atoms with E-state index in [0.717, 1.165) is 17.9 Å². The predicted octanol–water partition coefficient (Wildman–Crippen LogP) is 1.35. The van der Waals surface area contributed by atoms with E-state index in [0.29, 0.717) is 0 Å². The lowest BCUT2D eigenvalue weighted by atomic mass is 10.0. The molecule has 0 spiro atoms. The molecule has 1 aromatic rings. The molecule has 2 heteroatoms. The highest BCUT2D eigenvalue weighted by Gasteiger charge is 2.38. The third-order valence-corrected chi connectivity index (χ3v) is 3.55. The minimum absolute atomic E-state index is 0.744. The van der Waals surface area contributed by atoms with Crippen LogP contribution in [0.2, 0.25) is 0 Å². The molecule has 1 saturated carbocycles. The summed E-state index contributed by atoms with van der Waals surface area (Å²) in [6.07, 6.45) is 1.32. The Morgan fingerprint density at radius 2 is 2.00 bits per heavy atom. The monoisotopic (exact) mass is 202 g/mol. The van der Waals surface area contributed by atoms with Crippen molar-refractivity contribution in [2.24, 2.45) is 5.92 Å². The van der Waals surface area contributed by atoms with Crippen molar-refractivity contribution in [3.8, 4) is 0 Å². The lowest BCUT2D eigenvalue weighted by Gasteiger charge is -2.27. The average Bonchev–Trinajstić information content (AvgIpc) is 2.96. The fourth-order valence-electron chi connectivity index (χ4n) is 2.30. The Morgan fingerprint density at radius 3 is 2.67 bits per heavy atom. The van der Waals surface area contributed by atoms with Crippen molar-refractivity contribution >= 4 is 0 Å². The van der Waals surface area contributed by atoms with Crippen LogP contribution in [0.15, 0.2) is 30.3 Å². The van der Waals surface area contributed by atoms with E-state index in [4.69, 9.17) is 0 Å². The van der Waals surface area contributed by atoms with Crippen LogP contribution in [0, 0.1) is 5.92 Å². The number of nitrogens with one attached hydrogen (secondary N) is 2. The summed E-state index contributed by atoms with van der Waals surface area (Å²) in [7, 11) is 0. The normalized spacial score (nSPS) is 29.9. The van der Waals surface area contributed by atoms with Crippen LogP contribution in [-0.2, 0) is 0 Å². The first-order valence-corrected chi connectivity index (χ1v) is 5.92. The zero-order valence-corrected chi connectivity index (χ0v) is 8.95. The number of rotatable bonds is 4. The molecule has 1 saturated heterocycles. The quantitative estimate of drug-likeness (QED) is 0.770. The van der Waals surface area contributed by atoms with Crippen molar-refractivity contribution in [1.29, 1.82) is 0 Å². The van der Waals surface area contributed by atoms with Gasteiger partial charge >= 0.3 is 0 Å². The topological polar surface area (TPSA) is 24.1 Å². The molecule has 2 unspecified atom stereocenters. The second-order valence-electron chi connectivity index (χ2n) is 4.79. The molecular weight excluding hydrogens is 184 g/mol. The SMILES string of the molecule is c1ccc(C2CC2NCC2CNC2)cc1. The Morgan fingerprint density at radius 1 is 1.20 bits per heavy atom. The highest BCUT2D eigenvalue weighted by Crippen LogP contribution is 2.40. The minimum atomic E-state index is 0.744. The first-order valence-electron chi connectivity index (χ1n) is 5.92. The standard InChI is InChI=1S/C13H18N2/c1-2-4-11(5-3-1)12-6-13(12)15-9-10-7-14-8-10/h1-5,10,12-15H,6-9H2. The van der Waals surface area contributed by atoms with Crippen LogP contribution in [0.5, 0.6) is 0 Å². The van der Waals surface area contributed by atoms with E-state index >= 15 is 0 Å². The van der Waals surface area contributed by atoms with E-state index in [1.54, 1.807) is 0 Å². The van der Waals surface area contributed by atoms with Gasteiger partial charge in [0.05, 0.1) is 0 Å². The largest absolute Gasteiger partial charge is 0.316 e. The van der Waals surface area contributed by atoms with Crippen LogP contribution in [0.4, 0.5) is 0 Å². The number of benzene rings is 1. The maximum atomic E-state index is 3.67. The Labute approximate surface area is 91.1 Å². The fraction of sp³-hybridized carbons (Fsp3) is 0.538. The first-order chi connectivity index (χ1) is 7.43. The smallest absolute Gasteiger partial charge is 0.0143 e. The van der Waals surface area contributed by atoms with E-state index in [1.165, 1.54) is 31.6 Å². The summed E-state index contributed by atoms with van der Waals surface area (Å²) in [5.41, 5.74) is 1.50. The molecule has 3 rings (SSSR count). The van der Waals surface area contributed by atoms with Crippen molar-refractivity contribution in [3.05, 3.63) is 35.9 Å². The van der Waals surface area contributed by atoms with Crippen LogP contribution in [0.25, 0.3) is 0 Å². The summed E-state index contributed by atoms with van der Waals surface area (Å²) in [6, 6.07) is 11.6. The van der Waals surface area contributed by atoms with Crippen molar-refractivity contribution in [2.75, 3.05) is 19.6 Å². The molecule has 80 valence electrons. The van der Waals surface area contributed by atoms with Crippen molar-refractivity contribution < 1.29 is 0 Å². The van der Waals surface area contributed by atoms with Crippen LogP contribution in [0.1, 0.15) is 17.9 Å². The minimum Gasteiger partial charge on any atom is -0.316 e. The van der Waals surface area contributed by atoms with Gasteiger partial charge in [0, 0.05) is 31.6 Å². The van der Waals surface area contributed by atoms with Gasteiger partial charge in [-0.1, -0.05) is 30.3 Å². The Bertz CT molecular complexity index is 319. The first kappa shape index (κ1) is 9.37. The molecule has 2 fully saturated rings. The molecular formula is C13H18N2. The third kappa shape index (κ3) is 2.06. The summed E-state index contributed by atoms with van der Waals surface area (Å²) < 4.78 is 0. The molecule has 0 aromatic heterocycles. The van der Waals surface area contributed by atoms with Gasteiger partial charge < -0.3 is 10.6 Å². The average molecular weight is 202 g/mol. The number of hydrogen-bond acceptors (Lipinski definition) is 2. The molecule has 0 amide bonds. The summed E-state index contributed by atoms with van der Waals surface area (Å²) in [5.74, 6) is 1.65. The molecule has 0 radical (unpaired) electrons. The molecule has 0 bridgehead atoms. The molecule has 2 N–H and O–H groups in total. The van der Waals surface area contributed by atoms with E-state index in [1.807, 2.05) is 0 Å². The number of hydrogen-bond donors (Lipinski definition) is 2. The Balaban J connectivity index is 1.47. The van der Waals surface area contributed by atoms with E-state index in [9.17, 15) is 0 Å². The van der Waals surface area contributed by atoms with Gasteiger partial charge in [-0.05, 0) is 17.9 Å². The lowest BCUT2D eigenvalue weighted by molar-refractivity contribution is 0.330. The van der Waals surface area contributed by atoms with E-state index in [-0.39, 0.29) is 0 Å². The highest BCUT2D eigenvalue weighted by molar-refractivity contribution is 5.27. The Hall–Kier alpha value is -0.860. The summed E-state index contributed by atoms with van der Waals surface area (Å²) in [4.78, 5) is 0. The summed E-state index contributed by atoms with van der Waals surface area (Å²) in [5, 5.41) is 6.98. The zero-order valence-electron chi connectivity index (χ0n) is 8.95. The molecule has 1 aromatic carbocycles.